The van der Waals surface area contributed by atoms with E-state index in [-0.39, 0.29) is 11.8 Å². The number of aromatic nitrogens is 2. The number of ether oxygens (including phenoxy) is 3. The zero-order valence-electron chi connectivity index (χ0n) is 21.2. The van der Waals surface area contributed by atoms with Gasteiger partial charge in [0.25, 0.3) is 5.91 Å². The first-order valence-corrected chi connectivity index (χ1v) is 11.8. The first kappa shape index (κ1) is 26.2. The van der Waals surface area contributed by atoms with E-state index in [1.807, 2.05) is 56.3 Å². The number of likely N-dealkylation sites (N-methyl/N-ethyl adjacent to an activating group) is 1. The van der Waals surface area contributed by atoms with Gasteiger partial charge in [0.2, 0.25) is 5.88 Å². The van der Waals surface area contributed by atoms with Gasteiger partial charge in [0, 0.05) is 30.6 Å². The second-order valence-corrected chi connectivity index (χ2v) is 8.74. The summed E-state index contributed by atoms with van der Waals surface area (Å²) < 4.78 is 16.3. The molecule has 38 heavy (non-hydrogen) atoms. The second kappa shape index (κ2) is 11.9. The van der Waals surface area contributed by atoms with Crippen molar-refractivity contribution < 1.29 is 28.9 Å². The van der Waals surface area contributed by atoms with Crippen LogP contribution in [-0.2, 0) is 0 Å². The van der Waals surface area contributed by atoms with Gasteiger partial charge in [-0.1, -0.05) is 18.2 Å². The molecule has 3 N–H and O–H groups in total. The van der Waals surface area contributed by atoms with Crippen molar-refractivity contribution >= 4 is 17.7 Å². The third-order valence-electron chi connectivity index (χ3n) is 5.41. The second-order valence-electron chi connectivity index (χ2n) is 8.74. The van der Waals surface area contributed by atoms with E-state index >= 15 is 0 Å². The van der Waals surface area contributed by atoms with Gasteiger partial charge in [-0.3, -0.25) is 4.79 Å². The molecule has 0 saturated carbocycles. The van der Waals surface area contributed by atoms with Crippen LogP contribution in [-0.4, -0.2) is 59.3 Å². The van der Waals surface area contributed by atoms with Crippen LogP contribution in [0.2, 0.25) is 0 Å². The highest BCUT2D eigenvalue weighted by atomic mass is 16.7. The lowest BCUT2D eigenvalue weighted by molar-refractivity contribution is 0.102. The highest BCUT2D eigenvalue weighted by Gasteiger charge is 2.14. The summed E-state index contributed by atoms with van der Waals surface area (Å²) in [5.74, 6) is 1.10. The molecule has 0 fully saturated rings. The molecule has 1 amide bonds. The van der Waals surface area contributed by atoms with Crippen molar-refractivity contribution in [1.29, 1.82) is 0 Å². The van der Waals surface area contributed by atoms with Crippen molar-refractivity contribution in [2.75, 3.05) is 32.6 Å². The molecule has 2 heterocycles. The number of carboxylic acid groups (broad SMARTS) is 1. The number of nitrogens with zero attached hydrogens (tertiary/aromatic N) is 2. The van der Waals surface area contributed by atoms with E-state index in [1.54, 1.807) is 30.5 Å². The maximum Gasteiger partial charge on any atom is 0.512 e. The van der Waals surface area contributed by atoms with Crippen molar-refractivity contribution in [1.82, 2.24) is 14.9 Å². The maximum atomic E-state index is 13.0. The van der Waals surface area contributed by atoms with Crippen LogP contribution in [0.15, 0.2) is 73.1 Å². The van der Waals surface area contributed by atoms with E-state index in [9.17, 15) is 9.59 Å². The van der Waals surface area contributed by atoms with E-state index in [0.29, 0.717) is 35.2 Å². The zero-order chi connectivity index (χ0) is 27.1. The largest absolute Gasteiger partial charge is 0.512 e. The zero-order valence-corrected chi connectivity index (χ0v) is 21.2. The first-order chi connectivity index (χ1) is 18.3. The van der Waals surface area contributed by atoms with Gasteiger partial charge in [0.1, 0.15) is 29.5 Å². The van der Waals surface area contributed by atoms with Crippen molar-refractivity contribution in [3.05, 3.63) is 84.3 Å². The molecule has 0 bridgehead atoms. The number of carbonyl (C=O) groups is 2. The number of pyridine rings is 1. The molecule has 0 spiro atoms. The monoisotopic (exact) mass is 516 g/mol. The number of amides is 1. The predicted octanol–water partition coefficient (Wildman–Crippen LogP) is 5.43. The van der Waals surface area contributed by atoms with E-state index in [2.05, 4.69) is 20.0 Å². The van der Waals surface area contributed by atoms with Crippen molar-refractivity contribution in [2.24, 2.45) is 0 Å². The number of rotatable bonds is 10. The number of hydrogen-bond donors (Lipinski definition) is 3. The molecular weight excluding hydrogens is 488 g/mol. The molecular formula is C28H28N4O6. The Morgan fingerprint density at radius 3 is 2.63 bits per heavy atom. The van der Waals surface area contributed by atoms with Crippen LogP contribution < -0.4 is 19.5 Å². The van der Waals surface area contributed by atoms with Crippen LogP contribution in [0.1, 0.15) is 16.1 Å². The molecule has 4 rings (SSSR count). The van der Waals surface area contributed by atoms with Crippen molar-refractivity contribution in [2.45, 2.75) is 6.92 Å². The minimum Gasteiger partial charge on any atom is -0.490 e. The molecule has 0 atom stereocenters. The summed E-state index contributed by atoms with van der Waals surface area (Å²) in [6, 6.07) is 17.7. The summed E-state index contributed by atoms with van der Waals surface area (Å²) in [5, 5.41) is 11.7. The van der Waals surface area contributed by atoms with Gasteiger partial charge in [-0.25, -0.2) is 9.78 Å². The summed E-state index contributed by atoms with van der Waals surface area (Å²) in [6.07, 6.45) is 1.67. The molecule has 0 radical (unpaired) electrons. The molecule has 196 valence electrons. The molecule has 10 heteroatoms. The third kappa shape index (κ3) is 7.11. The van der Waals surface area contributed by atoms with E-state index < -0.39 is 6.16 Å². The Labute approximate surface area is 219 Å². The predicted molar refractivity (Wildman–Crippen MR) is 142 cm³/mol. The number of aromatic amines is 1. The maximum absolute atomic E-state index is 13.0. The molecule has 2 aromatic heterocycles. The van der Waals surface area contributed by atoms with Crippen LogP contribution in [0.4, 0.5) is 10.5 Å². The molecule has 0 saturated heterocycles. The van der Waals surface area contributed by atoms with Crippen LogP contribution >= 0.6 is 0 Å². The molecule has 0 aliphatic rings. The van der Waals surface area contributed by atoms with Crippen LogP contribution in [0, 0.1) is 6.92 Å². The van der Waals surface area contributed by atoms with Crippen LogP contribution in [0.25, 0.3) is 11.1 Å². The average Bonchev–Trinajstić information content (AvgIpc) is 3.36. The number of anilines is 1. The van der Waals surface area contributed by atoms with Gasteiger partial charge in [0.05, 0.1) is 5.69 Å². The number of carbonyl (C=O) groups excluding carboxylic acids is 1. The minimum atomic E-state index is -1.46. The molecule has 0 unspecified atom stereocenters. The summed E-state index contributed by atoms with van der Waals surface area (Å²) >= 11 is 0. The van der Waals surface area contributed by atoms with E-state index in [0.717, 1.165) is 23.2 Å². The quantitative estimate of drug-likeness (QED) is 0.238. The Kier molecular flexibility index (Phi) is 8.24. The fourth-order valence-corrected chi connectivity index (χ4v) is 3.56. The highest BCUT2D eigenvalue weighted by molar-refractivity contribution is 6.04. The Hall–Kier alpha value is -4.83. The minimum absolute atomic E-state index is 0.0905. The van der Waals surface area contributed by atoms with Crippen LogP contribution in [0.5, 0.6) is 23.1 Å². The molecule has 4 aromatic rings. The molecule has 2 aromatic carbocycles. The highest BCUT2D eigenvalue weighted by Crippen LogP contribution is 2.30. The number of aryl methyl sites for hydroxylation is 1. The van der Waals surface area contributed by atoms with Gasteiger partial charge < -0.3 is 34.5 Å². The van der Waals surface area contributed by atoms with Gasteiger partial charge in [0.15, 0.2) is 0 Å². The summed E-state index contributed by atoms with van der Waals surface area (Å²) in [4.78, 5) is 32.7. The molecule has 10 nitrogen and oxygen atoms in total. The van der Waals surface area contributed by atoms with Gasteiger partial charge in [-0.15, -0.1) is 0 Å². The SMILES string of the molecule is Cc1ccc(OCCN(C)C)c(NC(=O)c2cc(-c3cccc(Oc4ccnc(OC(=O)O)c4)c3)c[nH]2)c1. The summed E-state index contributed by atoms with van der Waals surface area (Å²) in [6.45, 7) is 3.20. The summed E-state index contributed by atoms with van der Waals surface area (Å²) in [7, 11) is 3.94. The van der Waals surface area contributed by atoms with Crippen molar-refractivity contribution in [3.63, 3.8) is 0 Å². The topological polar surface area (TPSA) is 126 Å². The lowest BCUT2D eigenvalue weighted by Gasteiger charge is -2.15. The fraction of sp³-hybridized carbons (Fsp3) is 0.179. The van der Waals surface area contributed by atoms with E-state index in [4.69, 9.17) is 14.6 Å². The number of benzene rings is 2. The third-order valence-corrected chi connectivity index (χ3v) is 5.41. The Morgan fingerprint density at radius 2 is 1.84 bits per heavy atom. The Balaban J connectivity index is 1.46. The number of nitrogens with one attached hydrogen (secondary N) is 2. The van der Waals surface area contributed by atoms with Gasteiger partial charge in [-0.2, -0.15) is 0 Å². The lowest BCUT2D eigenvalue weighted by atomic mass is 10.1. The van der Waals surface area contributed by atoms with Crippen LogP contribution in [0.3, 0.4) is 0 Å². The molecule has 0 aliphatic heterocycles. The smallest absolute Gasteiger partial charge is 0.490 e. The van der Waals surface area contributed by atoms with Crippen molar-refractivity contribution in [3.8, 4) is 34.3 Å². The van der Waals surface area contributed by atoms with Gasteiger partial charge >= 0.3 is 6.16 Å². The van der Waals surface area contributed by atoms with E-state index in [1.165, 1.54) is 12.3 Å². The Morgan fingerprint density at radius 1 is 1.03 bits per heavy atom. The molecule has 0 aliphatic carbocycles. The average molecular weight is 517 g/mol. The number of hydrogen-bond acceptors (Lipinski definition) is 7. The number of H-pyrrole nitrogens is 1. The lowest BCUT2D eigenvalue weighted by Crippen LogP contribution is -2.20. The standard InChI is InChI=1S/C28H28N4O6/c1-18-7-8-25(36-12-11-32(2)3)23(13-18)31-27(33)24-15-20(17-30-24)19-5-4-6-21(14-19)37-22-9-10-29-26(16-22)38-28(34)35/h4-10,13-17,30H,11-12H2,1-3H3,(H,31,33)(H,34,35). The fourth-order valence-electron chi connectivity index (χ4n) is 3.56. The van der Waals surface area contributed by atoms with Gasteiger partial charge in [-0.05, 0) is 68.5 Å². The Bertz CT molecular complexity index is 1430. The normalized spacial score (nSPS) is 10.7. The summed E-state index contributed by atoms with van der Waals surface area (Å²) in [5.41, 5.74) is 3.59. The first-order valence-electron chi connectivity index (χ1n) is 11.8.